The van der Waals surface area contributed by atoms with E-state index in [1.54, 1.807) is 12.0 Å². The van der Waals surface area contributed by atoms with Crippen LogP contribution < -0.4 is 20.3 Å². The van der Waals surface area contributed by atoms with Crippen LogP contribution in [-0.4, -0.2) is 31.4 Å². The van der Waals surface area contributed by atoms with Crippen molar-refractivity contribution in [3.8, 4) is 5.75 Å². The van der Waals surface area contributed by atoms with E-state index in [1.807, 2.05) is 12.1 Å². The molecule has 2 aromatic carbocycles. The summed E-state index contributed by atoms with van der Waals surface area (Å²) in [6, 6.07) is 19.2. The predicted molar refractivity (Wildman–Crippen MR) is 105 cm³/mol. The third-order valence-corrected chi connectivity index (χ3v) is 4.89. The van der Waals surface area contributed by atoms with E-state index in [9.17, 15) is 0 Å². The molecule has 1 heterocycles. The van der Waals surface area contributed by atoms with E-state index in [1.165, 1.54) is 17.7 Å². The Morgan fingerprint density at radius 1 is 1.12 bits per heavy atom. The Bertz CT molecular complexity index is 675. The van der Waals surface area contributed by atoms with Gasteiger partial charge in [0.15, 0.2) is 5.11 Å². The largest absolute Gasteiger partial charge is 0.497 e. The van der Waals surface area contributed by atoms with E-state index in [0.29, 0.717) is 6.04 Å². The van der Waals surface area contributed by atoms with Gasteiger partial charge in [-0.1, -0.05) is 42.5 Å². The van der Waals surface area contributed by atoms with Gasteiger partial charge in [-0.05, 0) is 29.9 Å². The molecule has 4 nitrogen and oxygen atoms in total. The van der Waals surface area contributed by atoms with E-state index in [2.05, 4.69) is 53.1 Å². The molecule has 3 N–H and O–H groups in total. The highest BCUT2D eigenvalue weighted by Crippen LogP contribution is 2.10. The van der Waals surface area contributed by atoms with Crippen molar-refractivity contribution in [2.24, 2.45) is 0 Å². The zero-order valence-electron chi connectivity index (χ0n) is 14.6. The predicted octanol–water partition coefficient (Wildman–Crippen LogP) is 1.52. The highest BCUT2D eigenvalue weighted by Gasteiger charge is 2.26. The standard InChI is InChI=1S/C20H25N3OS/c1-24-19-9-7-16(8-10-19)13-21-20(25)22-18-11-12-23(15-18)14-17-5-3-2-4-6-17/h2-10,18H,11-15H2,1H3,(H2,21,22,25)/p+1/t18-/m0/s1. The highest BCUT2D eigenvalue weighted by molar-refractivity contribution is 7.80. The Labute approximate surface area is 155 Å². The Morgan fingerprint density at radius 3 is 2.60 bits per heavy atom. The zero-order valence-corrected chi connectivity index (χ0v) is 15.4. The van der Waals surface area contributed by atoms with Gasteiger partial charge in [-0.15, -0.1) is 0 Å². The van der Waals surface area contributed by atoms with Crippen LogP contribution in [-0.2, 0) is 13.1 Å². The molecule has 0 aliphatic carbocycles. The van der Waals surface area contributed by atoms with E-state index >= 15 is 0 Å². The second-order valence-electron chi connectivity index (χ2n) is 6.53. The normalized spacial score (nSPS) is 19.4. The van der Waals surface area contributed by atoms with E-state index in [-0.39, 0.29) is 0 Å². The van der Waals surface area contributed by atoms with Gasteiger partial charge in [0.25, 0.3) is 0 Å². The molecule has 1 saturated heterocycles. The van der Waals surface area contributed by atoms with Crippen LogP contribution in [0.1, 0.15) is 17.5 Å². The van der Waals surface area contributed by atoms with E-state index in [4.69, 9.17) is 17.0 Å². The summed E-state index contributed by atoms with van der Waals surface area (Å²) in [5.74, 6) is 0.872. The molecule has 0 saturated carbocycles. The minimum atomic E-state index is 0.453. The Morgan fingerprint density at radius 2 is 1.88 bits per heavy atom. The summed E-state index contributed by atoms with van der Waals surface area (Å²) in [6.45, 7) is 4.11. The molecular formula is C20H26N3OS+. The summed E-state index contributed by atoms with van der Waals surface area (Å²) >= 11 is 5.45. The quantitative estimate of drug-likeness (QED) is 0.686. The van der Waals surface area contributed by atoms with Crippen LogP contribution in [0.25, 0.3) is 0 Å². The molecule has 2 atom stereocenters. The molecule has 0 radical (unpaired) electrons. The number of ether oxygens (including phenoxy) is 1. The number of thiocarbonyl (C=S) groups is 1. The Balaban J connectivity index is 1.39. The average molecular weight is 357 g/mol. The van der Waals surface area contributed by atoms with Gasteiger partial charge >= 0.3 is 0 Å². The highest BCUT2D eigenvalue weighted by atomic mass is 32.1. The number of hydrogen-bond donors (Lipinski definition) is 3. The fourth-order valence-corrected chi connectivity index (χ4v) is 3.50. The van der Waals surface area contributed by atoms with E-state index in [0.717, 1.165) is 36.9 Å². The number of benzene rings is 2. The van der Waals surface area contributed by atoms with Crippen LogP contribution in [0.3, 0.4) is 0 Å². The summed E-state index contributed by atoms with van der Waals surface area (Å²) < 4.78 is 5.18. The number of likely N-dealkylation sites (tertiary alicyclic amines) is 1. The zero-order chi connectivity index (χ0) is 17.5. The fourth-order valence-electron chi connectivity index (χ4n) is 3.26. The average Bonchev–Trinajstić information content (AvgIpc) is 3.08. The molecule has 0 amide bonds. The monoisotopic (exact) mass is 356 g/mol. The molecule has 5 heteroatoms. The summed E-state index contributed by atoms with van der Waals surface area (Å²) in [4.78, 5) is 1.61. The SMILES string of the molecule is COc1ccc(CNC(=S)N[C@H]2CC[NH+](Cc3ccccc3)C2)cc1. The number of nitrogens with one attached hydrogen (secondary N) is 3. The van der Waals surface area contributed by atoms with Crippen molar-refractivity contribution >= 4 is 17.3 Å². The van der Waals surface area contributed by atoms with Crippen molar-refractivity contribution in [3.05, 3.63) is 65.7 Å². The summed E-state index contributed by atoms with van der Waals surface area (Å²) in [5, 5.41) is 7.50. The molecule has 0 aromatic heterocycles. The second-order valence-corrected chi connectivity index (χ2v) is 6.94. The first kappa shape index (κ1) is 17.7. The topological polar surface area (TPSA) is 37.7 Å². The van der Waals surface area contributed by atoms with Crippen LogP contribution in [0.15, 0.2) is 54.6 Å². The molecule has 25 heavy (non-hydrogen) atoms. The minimum absolute atomic E-state index is 0.453. The second kappa shape index (κ2) is 8.83. The Hall–Kier alpha value is -2.11. The number of rotatable bonds is 6. The minimum Gasteiger partial charge on any atom is -0.497 e. The van der Waals surface area contributed by atoms with Crippen molar-refractivity contribution in [2.45, 2.75) is 25.6 Å². The van der Waals surface area contributed by atoms with Crippen LogP contribution in [0.5, 0.6) is 5.75 Å². The molecule has 1 fully saturated rings. The van der Waals surface area contributed by atoms with Crippen LogP contribution in [0.2, 0.25) is 0 Å². The number of quaternary nitrogens is 1. The first-order chi connectivity index (χ1) is 12.2. The van der Waals surface area contributed by atoms with Gasteiger partial charge in [-0.25, -0.2) is 0 Å². The first-order valence-electron chi connectivity index (χ1n) is 8.78. The van der Waals surface area contributed by atoms with Gasteiger partial charge in [0.1, 0.15) is 12.3 Å². The fraction of sp³-hybridized carbons (Fsp3) is 0.350. The lowest BCUT2D eigenvalue weighted by atomic mass is 10.2. The van der Waals surface area contributed by atoms with Crippen molar-refractivity contribution in [1.29, 1.82) is 0 Å². The third kappa shape index (κ3) is 5.44. The lowest BCUT2D eigenvalue weighted by Gasteiger charge is -2.16. The molecule has 1 aliphatic rings. The maximum atomic E-state index is 5.45. The number of methoxy groups -OCH3 is 1. The van der Waals surface area contributed by atoms with Gasteiger partial charge in [-0.3, -0.25) is 0 Å². The summed E-state index contributed by atoms with van der Waals surface area (Å²) in [5.41, 5.74) is 2.59. The van der Waals surface area contributed by atoms with Gasteiger partial charge in [0, 0.05) is 18.5 Å². The molecular weight excluding hydrogens is 330 g/mol. The lowest BCUT2D eigenvalue weighted by Crippen LogP contribution is -3.09. The van der Waals surface area contributed by atoms with Crippen molar-refractivity contribution in [1.82, 2.24) is 10.6 Å². The van der Waals surface area contributed by atoms with Crippen LogP contribution in [0, 0.1) is 0 Å². The van der Waals surface area contributed by atoms with Gasteiger partial charge < -0.3 is 20.3 Å². The smallest absolute Gasteiger partial charge is 0.166 e. The van der Waals surface area contributed by atoms with E-state index < -0.39 is 0 Å². The molecule has 2 aromatic rings. The first-order valence-corrected chi connectivity index (χ1v) is 9.18. The molecule has 1 aliphatic heterocycles. The maximum Gasteiger partial charge on any atom is 0.166 e. The van der Waals surface area contributed by atoms with Crippen molar-refractivity contribution in [3.63, 3.8) is 0 Å². The van der Waals surface area contributed by atoms with Crippen molar-refractivity contribution < 1.29 is 9.64 Å². The van der Waals surface area contributed by atoms with Gasteiger partial charge in [0.2, 0.25) is 0 Å². The Kier molecular flexibility index (Phi) is 6.25. The van der Waals surface area contributed by atoms with Crippen LogP contribution >= 0.6 is 12.2 Å². The van der Waals surface area contributed by atoms with Gasteiger partial charge in [0.05, 0.1) is 26.2 Å². The molecule has 0 spiro atoms. The lowest BCUT2D eigenvalue weighted by molar-refractivity contribution is -0.901. The molecule has 1 unspecified atom stereocenters. The third-order valence-electron chi connectivity index (χ3n) is 4.63. The van der Waals surface area contributed by atoms with Crippen molar-refractivity contribution in [2.75, 3.05) is 20.2 Å². The molecule has 0 bridgehead atoms. The summed E-state index contributed by atoms with van der Waals surface area (Å²) in [6.07, 6.45) is 1.16. The van der Waals surface area contributed by atoms with Crippen LogP contribution in [0.4, 0.5) is 0 Å². The summed E-state index contributed by atoms with van der Waals surface area (Å²) in [7, 11) is 1.68. The molecule has 3 rings (SSSR count). The van der Waals surface area contributed by atoms with Gasteiger partial charge in [-0.2, -0.15) is 0 Å². The number of hydrogen-bond acceptors (Lipinski definition) is 2. The maximum absolute atomic E-state index is 5.45. The molecule has 132 valence electrons.